The molecule has 0 heterocycles. The minimum absolute atomic E-state index is 0.154. The van der Waals surface area contributed by atoms with E-state index in [1.165, 1.54) is 17.7 Å². The molecule has 1 unspecified atom stereocenters. The first-order valence-electron chi connectivity index (χ1n) is 10.6. The van der Waals surface area contributed by atoms with Gasteiger partial charge in [0.15, 0.2) is 5.11 Å². The molecule has 0 radical (unpaired) electrons. The molecule has 0 fully saturated rings. The summed E-state index contributed by atoms with van der Waals surface area (Å²) in [6, 6.07) is 14.2. The molecular weight excluding hydrogens is 442 g/mol. The maximum atomic E-state index is 12.6. The average molecular weight is 476 g/mol. The summed E-state index contributed by atoms with van der Waals surface area (Å²) in [4.78, 5) is 12.8. The fourth-order valence-electron chi connectivity index (χ4n) is 3.13. The molecule has 2 aromatic rings. The van der Waals surface area contributed by atoms with Gasteiger partial charge in [-0.2, -0.15) is 0 Å². The van der Waals surface area contributed by atoms with Gasteiger partial charge in [-0.25, -0.2) is 13.1 Å². The molecule has 8 heteroatoms. The van der Waals surface area contributed by atoms with E-state index < -0.39 is 15.6 Å². The Hall–Kier alpha value is -2.29. The quantitative estimate of drug-likeness (QED) is 0.510. The first kappa shape index (κ1) is 26.0. The molecule has 3 N–H and O–H groups in total. The van der Waals surface area contributed by atoms with Crippen molar-refractivity contribution >= 4 is 38.9 Å². The lowest BCUT2D eigenvalue weighted by Crippen LogP contribution is -2.40. The zero-order chi connectivity index (χ0) is 24.1. The highest BCUT2D eigenvalue weighted by Crippen LogP contribution is 2.19. The third-order valence-corrected chi connectivity index (χ3v) is 6.59. The van der Waals surface area contributed by atoms with E-state index in [-0.39, 0.29) is 21.8 Å². The van der Waals surface area contributed by atoms with E-state index in [9.17, 15) is 13.2 Å². The predicted molar refractivity (Wildman–Crippen MR) is 134 cm³/mol. The van der Waals surface area contributed by atoms with Crippen LogP contribution in [-0.2, 0) is 21.2 Å². The number of rotatable bonds is 7. The number of carbonyl (C=O) groups excluding carboxylic acids is 1. The van der Waals surface area contributed by atoms with Gasteiger partial charge in [-0.15, -0.1) is 0 Å². The van der Waals surface area contributed by atoms with Gasteiger partial charge in [0.25, 0.3) is 0 Å². The van der Waals surface area contributed by atoms with E-state index in [2.05, 4.69) is 41.3 Å². The molecule has 0 aromatic heterocycles. The molecule has 0 aliphatic rings. The Bertz CT molecular complexity index is 1040. The summed E-state index contributed by atoms with van der Waals surface area (Å²) in [5, 5.41) is 5.78. The van der Waals surface area contributed by atoms with Crippen LogP contribution in [0.5, 0.6) is 0 Å². The molecule has 2 rings (SSSR count). The molecule has 1 atom stereocenters. The maximum absolute atomic E-state index is 12.6. The molecule has 0 spiro atoms. The van der Waals surface area contributed by atoms with E-state index in [4.69, 9.17) is 12.2 Å². The van der Waals surface area contributed by atoms with E-state index in [1.807, 2.05) is 19.1 Å². The van der Waals surface area contributed by atoms with Crippen LogP contribution in [0.15, 0.2) is 53.4 Å². The average Bonchev–Trinajstić information content (AvgIpc) is 2.66. The number of nitrogens with one attached hydrogen (secondary N) is 3. The van der Waals surface area contributed by atoms with Crippen molar-refractivity contribution in [1.29, 1.82) is 0 Å². The molecule has 174 valence electrons. The van der Waals surface area contributed by atoms with E-state index >= 15 is 0 Å². The maximum Gasteiger partial charge on any atom is 0.241 e. The number of amides is 1. The molecular formula is C24H33N3O3S2. The summed E-state index contributed by atoms with van der Waals surface area (Å²) in [6.45, 7) is 11.5. The SMILES string of the molecule is CC(C)Cc1ccc(C(C)C(=O)NC(=S)Nc2ccc(S(=O)(=O)NC(C)(C)C)cc2)cc1. The van der Waals surface area contributed by atoms with Gasteiger partial charge in [0.05, 0.1) is 10.8 Å². The first-order valence-corrected chi connectivity index (χ1v) is 12.5. The number of hydrogen-bond donors (Lipinski definition) is 3. The second-order valence-corrected chi connectivity index (χ2v) is 11.5. The summed E-state index contributed by atoms with van der Waals surface area (Å²) in [6.07, 6.45) is 1.00. The lowest BCUT2D eigenvalue weighted by atomic mass is 9.96. The fraction of sp³-hybridized carbons (Fsp3) is 0.417. The molecule has 1 amide bonds. The first-order chi connectivity index (χ1) is 14.8. The Balaban J connectivity index is 1.96. The van der Waals surface area contributed by atoms with Crippen molar-refractivity contribution < 1.29 is 13.2 Å². The molecule has 0 bridgehead atoms. The molecule has 0 saturated carbocycles. The summed E-state index contributed by atoms with van der Waals surface area (Å²) in [7, 11) is -3.61. The highest BCUT2D eigenvalue weighted by atomic mass is 32.2. The van der Waals surface area contributed by atoms with E-state index in [0.717, 1.165) is 12.0 Å². The number of carbonyl (C=O) groups is 1. The molecule has 0 aliphatic carbocycles. The molecule has 0 saturated heterocycles. The highest BCUT2D eigenvalue weighted by molar-refractivity contribution is 7.89. The molecule has 32 heavy (non-hydrogen) atoms. The lowest BCUT2D eigenvalue weighted by Gasteiger charge is -2.20. The van der Waals surface area contributed by atoms with Crippen LogP contribution in [-0.4, -0.2) is 25.0 Å². The third-order valence-electron chi connectivity index (χ3n) is 4.62. The highest BCUT2D eigenvalue weighted by Gasteiger charge is 2.22. The van der Waals surface area contributed by atoms with Crippen LogP contribution in [0.2, 0.25) is 0 Å². The van der Waals surface area contributed by atoms with Gasteiger partial charge < -0.3 is 10.6 Å². The van der Waals surface area contributed by atoms with Crippen LogP contribution in [0.3, 0.4) is 0 Å². The minimum atomic E-state index is -3.61. The summed E-state index contributed by atoms with van der Waals surface area (Å²) < 4.78 is 27.4. The number of sulfonamides is 1. The van der Waals surface area contributed by atoms with Crippen molar-refractivity contribution in [2.45, 2.75) is 64.3 Å². The topological polar surface area (TPSA) is 87.3 Å². The Morgan fingerprint density at radius 3 is 2.03 bits per heavy atom. The van der Waals surface area contributed by atoms with Gasteiger partial charge in [-0.3, -0.25) is 4.79 Å². The monoisotopic (exact) mass is 475 g/mol. The summed E-state index contributed by atoms with van der Waals surface area (Å²) in [5.41, 5.74) is 2.17. The van der Waals surface area contributed by atoms with Gasteiger partial charge in [0.1, 0.15) is 0 Å². The second-order valence-electron chi connectivity index (χ2n) is 9.38. The molecule has 0 aliphatic heterocycles. The molecule has 2 aromatic carbocycles. The van der Waals surface area contributed by atoms with Crippen LogP contribution >= 0.6 is 12.2 Å². The Morgan fingerprint density at radius 2 is 1.53 bits per heavy atom. The zero-order valence-corrected chi connectivity index (χ0v) is 21.2. The molecule has 6 nitrogen and oxygen atoms in total. The third kappa shape index (κ3) is 8.00. The van der Waals surface area contributed by atoms with Crippen LogP contribution < -0.4 is 15.4 Å². The Morgan fingerprint density at radius 1 is 0.969 bits per heavy atom. The van der Waals surface area contributed by atoms with E-state index in [0.29, 0.717) is 11.6 Å². The smallest absolute Gasteiger partial charge is 0.241 e. The van der Waals surface area contributed by atoms with Crippen molar-refractivity contribution in [2.75, 3.05) is 5.32 Å². The van der Waals surface area contributed by atoms with Crippen molar-refractivity contribution in [2.24, 2.45) is 5.92 Å². The van der Waals surface area contributed by atoms with Crippen molar-refractivity contribution in [3.05, 3.63) is 59.7 Å². The van der Waals surface area contributed by atoms with Gasteiger partial charge in [-0.1, -0.05) is 38.1 Å². The van der Waals surface area contributed by atoms with Crippen molar-refractivity contribution in [3.8, 4) is 0 Å². The van der Waals surface area contributed by atoms with E-state index in [1.54, 1.807) is 32.9 Å². The normalized spacial score (nSPS) is 13.0. The number of hydrogen-bond acceptors (Lipinski definition) is 4. The number of anilines is 1. The van der Waals surface area contributed by atoms with Gasteiger partial charge in [0, 0.05) is 11.2 Å². The standard InChI is InChI=1S/C24H33N3O3S2/c1-16(2)15-18-7-9-19(10-8-18)17(3)22(28)26-23(31)25-20-11-13-21(14-12-20)32(29,30)27-24(4,5)6/h7-14,16-17,27H,15H2,1-6H3,(H2,25,26,28,31). The van der Waals surface area contributed by atoms with Crippen LogP contribution in [0.1, 0.15) is 58.6 Å². The minimum Gasteiger partial charge on any atom is -0.332 e. The predicted octanol–water partition coefficient (Wildman–Crippen LogP) is 4.58. The van der Waals surface area contributed by atoms with Gasteiger partial charge in [-0.05, 0) is 87.6 Å². The number of thiocarbonyl (C=S) groups is 1. The summed E-state index contributed by atoms with van der Waals surface area (Å²) in [5.74, 6) is 0.000437. The zero-order valence-electron chi connectivity index (χ0n) is 19.5. The van der Waals surface area contributed by atoms with Crippen LogP contribution in [0.25, 0.3) is 0 Å². The van der Waals surface area contributed by atoms with Gasteiger partial charge >= 0.3 is 0 Å². The Kier molecular flexibility index (Phi) is 8.56. The Labute approximate surface area is 197 Å². The fourth-order valence-corrected chi connectivity index (χ4v) is 4.76. The summed E-state index contributed by atoms with van der Waals surface area (Å²) >= 11 is 5.25. The number of benzene rings is 2. The van der Waals surface area contributed by atoms with Gasteiger partial charge in [0.2, 0.25) is 15.9 Å². The van der Waals surface area contributed by atoms with Crippen LogP contribution in [0.4, 0.5) is 5.69 Å². The van der Waals surface area contributed by atoms with Crippen LogP contribution in [0, 0.1) is 5.92 Å². The second kappa shape index (κ2) is 10.6. The van der Waals surface area contributed by atoms with Crippen molar-refractivity contribution in [1.82, 2.24) is 10.0 Å². The lowest BCUT2D eigenvalue weighted by molar-refractivity contribution is -0.120. The van der Waals surface area contributed by atoms with Crippen molar-refractivity contribution in [3.63, 3.8) is 0 Å². The largest absolute Gasteiger partial charge is 0.332 e.